The van der Waals surface area contributed by atoms with E-state index in [9.17, 15) is 0 Å². The van der Waals surface area contributed by atoms with Crippen molar-refractivity contribution in [1.82, 2.24) is 0 Å². The lowest BCUT2D eigenvalue weighted by atomic mass is 10.3. The number of hydrogen-bond donors (Lipinski definition) is 0. The van der Waals surface area contributed by atoms with Crippen molar-refractivity contribution in [1.29, 1.82) is 0 Å². The maximum absolute atomic E-state index is 6.01. The fourth-order valence-electron chi connectivity index (χ4n) is 2.04. The SMILES string of the molecule is CCCCOC(CO[SiH](C)CCCOCC1CO1)OCCCC. The molecule has 1 fully saturated rings. The van der Waals surface area contributed by atoms with Gasteiger partial charge in [-0.05, 0) is 31.9 Å². The van der Waals surface area contributed by atoms with Gasteiger partial charge in [-0.1, -0.05) is 26.7 Å². The Kier molecular flexibility index (Phi) is 13.2. The first kappa shape index (κ1) is 21.1. The molecule has 0 aromatic rings. The van der Waals surface area contributed by atoms with Gasteiger partial charge in [-0.15, -0.1) is 0 Å². The fourth-order valence-corrected chi connectivity index (χ4v) is 3.43. The van der Waals surface area contributed by atoms with Crippen LogP contribution in [0.4, 0.5) is 0 Å². The molecule has 0 saturated carbocycles. The number of unbranched alkanes of at least 4 members (excludes halogenated alkanes) is 2. The molecule has 138 valence electrons. The zero-order valence-electron chi connectivity index (χ0n) is 15.3. The van der Waals surface area contributed by atoms with Crippen LogP contribution in [-0.4, -0.2) is 61.1 Å². The molecule has 1 aliphatic rings. The van der Waals surface area contributed by atoms with Gasteiger partial charge in [0.05, 0.1) is 19.8 Å². The highest BCUT2D eigenvalue weighted by Gasteiger charge is 2.22. The standard InChI is InChI=1S/C17H36O5Si/c1-4-6-10-19-17(20-11-7-5-2)15-22-23(3)12-8-9-18-13-16-14-21-16/h16-17,23H,4-15H2,1-3H3. The molecule has 1 heterocycles. The number of epoxide rings is 1. The average molecular weight is 349 g/mol. The van der Waals surface area contributed by atoms with Crippen LogP contribution in [-0.2, 0) is 23.4 Å². The van der Waals surface area contributed by atoms with Crippen LogP contribution in [0.15, 0.2) is 0 Å². The van der Waals surface area contributed by atoms with Crippen molar-refractivity contribution in [3.63, 3.8) is 0 Å². The molecule has 0 aliphatic carbocycles. The minimum atomic E-state index is -1.16. The Balaban J connectivity index is 2.03. The average Bonchev–Trinajstić information content (AvgIpc) is 3.36. The van der Waals surface area contributed by atoms with E-state index in [1.165, 1.54) is 0 Å². The van der Waals surface area contributed by atoms with Crippen molar-refractivity contribution in [2.24, 2.45) is 0 Å². The molecule has 2 unspecified atom stereocenters. The second-order valence-corrected chi connectivity index (χ2v) is 8.73. The zero-order chi connectivity index (χ0) is 16.8. The van der Waals surface area contributed by atoms with Gasteiger partial charge in [0.15, 0.2) is 15.3 Å². The third-order valence-electron chi connectivity index (χ3n) is 3.73. The molecule has 0 radical (unpaired) electrons. The van der Waals surface area contributed by atoms with Crippen molar-refractivity contribution in [3.05, 3.63) is 0 Å². The van der Waals surface area contributed by atoms with Gasteiger partial charge in [-0.3, -0.25) is 0 Å². The fraction of sp³-hybridized carbons (Fsp3) is 1.00. The second-order valence-electron chi connectivity index (χ2n) is 6.19. The minimum absolute atomic E-state index is 0.202. The molecule has 2 atom stereocenters. The first-order valence-electron chi connectivity index (χ1n) is 9.30. The number of rotatable bonds is 17. The molecule has 23 heavy (non-hydrogen) atoms. The Morgan fingerprint density at radius 1 is 1.04 bits per heavy atom. The summed E-state index contributed by atoms with van der Waals surface area (Å²) in [4.78, 5) is 0. The van der Waals surface area contributed by atoms with Crippen LogP contribution in [0.25, 0.3) is 0 Å². The van der Waals surface area contributed by atoms with Crippen LogP contribution in [0, 0.1) is 0 Å². The largest absolute Gasteiger partial charge is 0.415 e. The summed E-state index contributed by atoms with van der Waals surface area (Å²) in [5.74, 6) is 0. The third kappa shape index (κ3) is 13.0. The van der Waals surface area contributed by atoms with Crippen LogP contribution in [0.1, 0.15) is 46.0 Å². The van der Waals surface area contributed by atoms with E-state index in [-0.39, 0.29) is 6.29 Å². The van der Waals surface area contributed by atoms with E-state index in [1.807, 2.05) is 0 Å². The monoisotopic (exact) mass is 348 g/mol. The van der Waals surface area contributed by atoms with Gasteiger partial charge in [-0.2, -0.15) is 0 Å². The van der Waals surface area contributed by atoms with E-state index in [2.05, 4.69) is 20.4 Å². The Labute approximate surface area is 143 Å². The Morgan fingerprint density at radius 3 is 2.26 bits per heavy atom. The zero-order valence-corrected chi connectivity index (χ0v) is 16.4. The summed E-state index contributed by atoms with van der Waals surface area (Å²) in [6.07, 6.45) is 5.65. The molecular formula is C17H36O5Si. The predicted molar refractivity (Wildman–Crippen MR) is 94.5 cm³/mol. The van der Waals surface area contributed by atoms with Crippen LogP contribution in [0.2, 0.25) is 12.6 Å². The molecule has 0 aromatic carbocycles. The number of ether oxygens (including phenoxy) is 4. The van der Waals surface area contributed by atoms with Crippen molar-refractivity contribution in [3.8, 4) is 0 Å². The van der Waals surface area contributed by atoms with E-state index in [0.717, 1.165) is 71.2 Å². The van der Waals surface area contributed by atoms with E-state index >= 15 is 0 Å². The highest BCUT2D eigenvalue weighted by atomic mass is 28.3. The van der Waals surface area contributed by atoms with Gasteiger partial charge in [0, 0.05) is 19.8 Å². The maximum Gasteiger partial charge on any atom is 0.179 e. The van der Waals surface area contributed by atoms with Gasteiger partial charge in [0.1, 0.15) is 6.10 Å². The molecule has 0 bridgehead atoms. The lowest BCUT2D eigenvalue weighted by Crippen LogP contribution is -2.28. The van der Waals surface area contributed by atoms with E-state index in [0.29, 0.717) is 12.7 Å². The molecule has 1 aliphatic heterocycles. The van der Waals surface area contributed by atoms with Crippen molar-refractivity contribution >= 4 is 9.04 Å². The van der Waals surface area contributed by atoms with Gasteiger partial charge in [0.25, 0.3) is 0 Å². The molecule has 0 amide bonds. The summed E-state index contributed by atoms with van der Waals surface area (Å²) in [6.45, 7) is 11.1. The molecule has 6 heteroatoms. The summed E-state index contributed by atoms with van der Waals surface area (Å²) in [7, 11) is -1.16. The Morgan fingerprint density at radius 2 is 1.70 bits per heavy atom. The third-order valence-corrected chi connectivity index (χ3v) is 5.71. The molecule has 5 nitrogen and oxygen atoms in total. The van der Waals surface area contributed by atoms with E-state index in [1.54, 1.807) is 0 Å². The van der Waals surface area contributed by atoms with Crippen molar-refractivity contribution in [2.45, 2.75) is 70.9 Å². The summed E-state index contributed by atoms with van der Waals surface area (Å²) in [5, 5.41) is 0. The van der Waals surface area contributed by atoms with Crippen LogP contribution >= 0.6 is 0 Å². The smallest absolute Gasteiger partial charge is 0.179 e. The lowest BCUT2D eigenvalue weighted by Gasteiger charge is -2.21. The molecule has 0 N–H and O–H groups in total. The second kappa shape index (κ2) is 14.4. The van der Waals surface area contributed by atoms with Crippen LogP contribution in [0.3, 0.4) is 0 Å². The van der Waals surface area contributed by atoms with Gasteiger partial charge in [-0.25, -0.2) is 0 Å². The quantitative estimate of drug-likeness (QED) is 0.175. The summed E-state index contributed by atoms with van der Waals surface area (Å²) >= 11 is 0. The Hall–Kier alpha value is 0.0169. The van der Waals surface area contributed by atoms with Crippen molar-refractivity contribution in [2.75, 3.05) is 39.6 Å². The van der Waals surface area contributed by atoms with E-state index in [4.69, 9.17) is 23.4 Å². The van der Waals surface area contributed by atoms with Crippen LogP contribution < -0.4 is 0 Å². The normalized spacial score (nSPS) is 18.5. The molecule has 1 saturated heterocycles. The van der Waals surface area contributed by atoms with Gasteiger partial charge in [0.2, 0.25) is 0 Å². The lowest BCUT2D eigenvalue weighted by molar-refractivity contribution is -0.159. The van der Waals surface area contributed by atoms with Gasteiger partial charge < -0.3 is 23.4 Å². The minimum Gasteiger partial charge on any atom is -0.415 e. The topological polar surface area (TPSA) is 49.5 Å². The van der Waals surface area contributed by atoms with Gasteiger partial charge >= 0.3 is 0 Å². The first-order chi connectivity index (χ1) is 11.3. The summed E-state index contributed by atoms with van der Waals surface area (Å²) in [6, 6.07) is 1.13. The molecule has 0 aromatic heterocycles. The maximum atomic E-state index is 6.01. The van der Waals surface area contributed by atoms with Crippen LogP contribution in [0.5, 0.6) is 0 Å². The first-order valence-corrected chi connectivity index (χ1v) is 11.7. The van der Waals surface area contributed by atoms with Crippen molar-refractivity contribution < 1.29 is 23.4 Å². The highest BCUT2D eigenvalue weighted by Crippen LogP contribution is 2.09. The predicted octanol–water partition coefficient (Wildman–Crippen LogP) is 3.12. The number of hydrogen-bond acceptors (Lipinski definition) is 5. The summed E-state index contributed by atoms with van der Waals surface area (Å²) in [5.41, 5.74) is 0. The Bertz CT molecular complexity index is 253. The molecular weight excluding hydrogens is 312 g/mol. The summed E-state index contributed by atoms with van der Waals surface area (Å²) < 4.78 is 28.3. The highest BCUT2D eigenvalue weighted by molar-refractivity contribution is 6.50. The molecule has 1 rings (SSSR count). The van der Waals surface area contributed by atoms with E-state index < -0.39 is 9.04 Å². The molecule has 0 spiro atoms.